The van der Waals surface area contributed by atoms with Crippen LogP contribution in [0.3, 0.4) is 0 Å². The third kappa shape index (κ3) is 4.34. The monoisotopic (exact) mass is 228 g/mol. The Kier molecular flexibility index (Phi) is 5.18. The molecule has 0 radical (unpaired) electrons. The van der Waals surface area contributed by atoms with Crippen LogP contribution >= 0.6 is 11.8 Å². The van der Waals surface area contributed by atoms with Crippen LogP contribution in [0.15, 0.2) is 18.2 Å². The SMILES string of the molecule is CCSCCOc1cc(F)cc(C=O)c1. The molecule has 1 aromatic carbocycles. The van der Waals surface area contributed by atoms with E-state index in [4.69, 9.17) is 4.74 Å². The first-order valence-corrected chi connectivity index (χ1v) is 5.88. The summed E-state index contributed by atoms with van der Waals surface area (Å²) in [5.41, 5.74) is 0.299. The Morgan fingerprint density at radius 3 is 2.93 bits per heavy atom. The number of rotatable bonds is 6. The maximum Gasteiger partial charge on any atom is 0.150 e. The van der Waals surface area contributed by atoms with E-state index in [0.717, 1.165) is 11.5 Å². The predicted molar refractivity (Wildman–Crippen MR) is 60.3 cm³/mol. The molecule has 2 nitrogen and oxygen atoms in total. The predicted octanol–water partition coefficient (Wildman–Crippen LogP) is 2.77. The molecule has 0 heterocycles. The summed E-state index contributed by atoms with van der Waals surface area (Å²) in [7, 11) is 0. The number of carbonyl (C=O) groups is 1. The standard InChI is InChI=1S/C11H13FO2S/c1-2-15-4-3-14-11-6-9(8-13)5-10(12)7-11/h5-8H,2-4H2,1H3. The molecule has 4 heteroatoms. The normalized spacial score (nSPS) is 10.0. The second kappa shape index (κ2) is 6.45. The zero-order chi connectivity index (χ0) is 11.1. The molecule has 0 aliphatic heterocycles. The minimum atomic E-state index is -0.447. The molecule has 0 fully saturated rings. The van der Waals surface area contributed by atoms with Gasteiger partial charge in [-0.3, -0.25) is 4.79 Å². The smallest absolute Gasteiger partial charge is 0.150 e. The van der Waals surface area contributed by atoms with Crippen molar-refractivity contribution in [2.75, 3.05) is 18.1 Å². The number of carbonyl (C=O) groups excluding carboxylic acids is 1. The minimum Gasteiger partial charge on any atom is -0.493 e. The molecule has 0 aliphatic carbocycles. The summed E-state index contributed by atoms with van der Waals surface area (Å²) < 4.78 is 18.3. The summed E-state index contributed by atoms with van der Waals surface area (Å²) in [4.78, 5) is 10.5. The summed E-state index contributed by atoms with van der Waals surface area (Å²) in [6.45, 7) is 2.59. The summed E-state index contributed by atoms with van der Waals surface area (Å²) in [6, 6.07) is 4.00. The van der Waals surface area contributed by atoms with Crippen molar-refractivity contribution in [2.45, 2.75) is 6.92 Å². The molecule has 82 valence electrons. The Morgan fingerprint density at radius 2 is 2.27 bits per heavy atom. The number of hydrogen-bond donors (Lipinski definition) is 0. The van der Waals surface area contributed by atoms with Gasteiger partial charge in [-0.25, -0.2) is 4.39 Å². The van der Waals surface area contributed by atoms with E-state index < -0.39 is 5.82 Å². The van der Waals surface area contributed by atoms with Gasteiger partial charge in [0.2, 0.25) is 0 Å². The van der Waals surface area contributed by atoms with Crippen LogP contribution in [0, 0.1) is 5.82 Å². The Morgan fingerprint density at radius 1 is 1.47 bits per heavy atom. The average molecular weight is 228 g/mol. The highest BCUT2D eigenvalue weighted by Gasteiger charge is 2.00. The molecule has 0 bridgehead atoms. The summed E-state index contributed by atoms with van der Waals surface area (Å²) in [5.74, 6) is 1.86. The molecule has 0 atom stereocenters. The van der Waals surface area contributed by atoms with Gasteiger partial charge in [0, 0.05) is 17.4 Å². The molecule has 0 saturated carbocycles. The average Bonchev–Trinajstić information content (AvgIpc) is 2.23. The van der Waals surface area contributed by atoms with E-state index >= 15 is 0 Å². The first kappa shape index (κ1) is 12.0. The van der Waals surface area contributed by atoms with E-state index in [1.165, 1.54) is 18.2 Å². The van der Waals surface area contributed by atoms with Gasteiger partial charge in [0.1, 0.15) is 17.9 Å². The van der Waals surface area contributed by atoms with Crippen LogP contribution in [0.5, 0.6) is 5.75 Å². The van der Waals surface area contributed by atoms with Crippen LogP contribution in [0.1, 0.15) is 17.3 Å². The van der Waals surface area contributed by atoms with Crippen LogP contribution in [-0.4, -0.2) is 24.4 Å². The lowest BCUT2D eigenvalue weighted by Gasteiger charge is -2.06. The third-order valence-corrected chi connectivity index (χ3v) is 2.59. The number of ether oxygens (including phenoxy) is 1. The molecule has 0 aromatic heterocycles. The van der Waals surface area contributed by atoms with E-state index in [-0.39, 0.29) is 0 Å². The van der Waals surface area contributed by atoms with E-state index in [1.807, 2.05) is 0 Å². The number of thioether (sulfide) groups is 1. The Bertz CT molecular complexity index is 328. The van der Waals surface area contributed by atoms with Crippen LogP contribution < -0.4 is 4.74 Å². The number of benzene rings is 1. The van der Waals surface area contributed by atoms with Gasteiger partial charge in [0.05, 0.1) is 6.61 Å². The van der Waals surface area contributed by atoms with Crippen LogP contribution in [0.2, 0.25) is 0 Å². The molecule has 0 N–H and O–H groups in total. The van der Waals surface area contributed by atoms with Gasteiger partial charge in [0.25, 0.3) is 0 Å². The van der Waals surface area contributed by atoms with Crippen molar-refractivity contribution in [3.8, 4) is 5.75 Å². The van der Waals surface area contributed by atoms with Crippen LogP contribution in [0.4, 0.5) is 4.39 Å². The minimum absolute atomic E-state index is 0.299. The largest absolute Gasteiger partial charge is 0.493 e. The van der Waals surface area contributed by atoms with Gasteiger partial charge in [-0.1, -0.05) is 6.92 Å². The maximum absolute atomic E-state index is 12.9. The lowest BCUT2D eigenvalue weighted by molar-refractivity contribution is 0.112. The molecule has 15 heavy (non-hydrogen) atoms. The van der Waals surface area contributed by atoms with Gasteiger partial charge >= 0.3 is 0 Å². The van der Waals surface area contributed by atoms with Gasteiger partial charge in [-0.15, -0.1) is 0 Å². The van der Waals surface area contributed by atoms with Crippen molar-refractivity contribution < 1.29 is 13.9 Å². The first-order chi connectivity index (χ1) is 7.26. The molecule has 0 unspecified atom stereocenters. The van der Waals surface area contributed by atoms with Gasteiger partial charge < -0.3 is 4.74 Å². The molecule has 0 aliphatic rings. The third-order valence-electron chi connectivity index (χ3n) is 1.73. The van der Waals surface area contributed by atoms with Gasteiger partial charge in [0.15, 0.2) is 0 Å². The lowest BCUT2D eigenvalue weighted by atomic mass is 10.2. The van der Waals surface area contributed by atoms with E-state index in [1.54, 1.807) is 11.8 Å². The first-order valence-electron chi connectivity index (χ1n) is 4.72. The van der Waals surface area contributed by atoms with E-state index in [0.29, 0.717) is 24.2 Å². The number of aldehydes is 1. The Labute approximate surface area is 92.8 Å². The zero-order valence-corrected chi connectivity index (χ0v) is 9.35. The highest BCUT2D eigenvalue weighted by molar-refractivity contribution is 7.99. The quantitative estimate of drug-likeness (QED) is 0.553. The molecule has 1 rings (SSSR count). The summed E-state index contributed by atoms with van der Waals surface area (Å²) >= 11 is 1.75. The van der Waals surface area contributed by atoms with Crippen molar-refractivity contribution in [1.82, 2.24) is 0 Å². The summed E-state index contributed by atoms with van der Waals surface area (Å²) in [5, 5.41) is 0. The molecule has 0 spiro atoms. The van der Waals surface area contributed by atoms with Crippen molar-refractivity contribution in [3.63, 3.8) is 0 Å². The second-order valence-electron chi connectivity index (χ2n) is 2.88. The van der Waals surface area contributed by atoms with Crippen molar-refractivity contribution in [1.29, 1.82) is 0 Å². The number of halogens is 1. The number of hydrogen-bond acceptors (Lipinski definition) is 3. The molecule has 0 amide bonds. The fourth-order valence-electron chi connectivity index (χ4n) is 1.10. The van der Waals surface area contributed by atoms with Gasteiger partial charge in [-0.2, -0.15) is 11.8 Å². The van der Waals surface area contributed by atoms with E-state index in [2.05, 4.69) is 6.92 Å². The zero-order valence-electron chi connectivity index (χ0n) is 8.53. The molecular weight excluding hydrogens is 215 g/mol. The second-order valence-corrected chi connectivity index (χ2v) is 4.28. The maximum atomic E-state index is 12.9. The van der Waals surface area contributed by atoms with Crippen LogP contribution in [-0.2, 0) is 0 Å². The Hall–Kier alpha value is -1.03. The van der Waals surface area contributed by atoms with E-state index in [9.17, 15) is 9.18 Å². The van der Waals surface area contributed by atoms with Crippen LogP contribution in [0.25, 0.3) is 0 Å². The molecule has 1 aromatic rings. The van der Waals surface area contributed by atoms with Gasteiger partial charge in [-0.05, 0) is 17.9 Å². The molecular formula is C11H13FO2S. The van der Waals surface area contributed by atoms with Crippen molar-refractivity contribution >= 4 is 18.0 Å². The Balaban J connectivity index is 2.53. The fourth-order valence-corrected chi connectivity index (χ4v) is 1.59. The molecule has 0 saturated heterocycles. The highest BCUT2D eigenvalue weighted by Crippen LogP contribution is 2.15. The highest BCUT2D eigenvalue weighted by atomic mass is 32.2. The topological polar surface area (TPSA) is 26.3 Å². The lowest BCUT2D eigenvalue weighted by Crippen LogP contribution is -2.01. The fraction of sp³-hybridized carbons (Fsp3) is 0.364. The van der Waals surface area contributed by atoms with Crippen molar-refractivity contribution in [3.05, 3.63) is 29.6 Å². The van der Waals surface area contributed by atoms with Crippen molar-refractivity contribution in [2.24, 2.45) is 0 Å². The summed E-state index contributed by atoms with van der Waals surface area (Å²) in [6.07, 6.45) is 0.608.